The van der Waals surface area contributed by atoms with Gasteiger partial charge in [0, 0.05) is 6.04 Å². The predicted molar refractivity (Wildman–Crippen MR) is 57.5 cm³/mol. The maximum atomic E-state index is 12.4. The van der Waals surface area contributed by atoms with Gasteiger partial charge in [-0.25, -0.2) is 9.97 Å². The topological polar surface area (TPSA) is 81.0 Å². The second-order valence-corrected chi connectivity index (χ2v) is 3.95. The number of nitro groups is 1. The number of rotatable bonds is 3. The summed E-state index contributed by atoms with van der Waals surface area (Å²) in [4.78, 5) is 15.7. The van der Waals surface area contributed by atoms with Crippen molar-refractivity contribution in [3.8, 4) is 0 Å². The van der Waals surface area contributed by atoms with E-state index < -0.39 is 33.6 Å². The van der Waals surface area contributed by atoms with Gasteiger partial charge in [-0.2, -0.15) is 13.2 Å². The van der Waals surface area contributed by atoms with Crippen LogP contribution in [0.1, 0.15) is 19.7 Å². The van der Waals surface area contributed by atoms with E-state index in [2.05, 4.69) is 15.3 Å². The molecule has 0 aliphatic rings. The van der Waals surface area contributed by atoms with E-state index in [-0.39, 0.29) is 6.04 Å². The molecule has 0 atom stereocenters. The van der Waals surface area contributed by atoms with E-state index >= 15 is 0 Å². The van der Waals surface area contributed by atoms with Crippen LogP contribution < -0.4 is 5.32 Å². The number of hydrogen-bond donors (Lipinski definition) is 1. The Labute approximate surface area is 104 Å². The van der Waals surface area contributed by atoms with Crippen LogP contribution in [-0.4, -0.2) is 20.9 Å². The summed E-state index contributed by atoms with van der Waals surface area (Å²) in [6, 6.07) is -0.351. The first-order valence-electron chi connectivity index (χ1n) is 4.68. The number of halogens is 4. The number of aromatic nitrogens is 2. The predicted octanol–water partition coefficient (Wildman–Crippen LogP) is 2.88. The largest absolute Gasteiger partial charge is 0.451 e. The zero-order valence-corrected chi connectivity index (χ0v) is 10.0. The molecule has 0 fully saturated rings. The standard InChI is InChI=1S/C8H8ClF3N4O2/c1-3(2)13-6-4(16(17)18)5(9)14-7(15-6)8(10,11)12/h3H,1-2H3,(H,13,14,15). The molecule has 0 bridgehead atoms. The quantitative estimate of drug-likeness (QED) is 0.524. The first-order valence-corrected chi connectivity index (χ1v) is 5.06. The Morgan fingerprint density at radius 1 is 1.39 bits per heavy atom. The first kappa shape index (κ1) is 14.4. The molecule has 0 amide bonds. The van der Waals surface area contributed by atoms with E-state index in [1.807, 2.05) is 0 Å². The molecule has 100 valence electrons. The van der Waals surface area contributed by atoms with E-state index in [1.165, 1.54) is 0 Å². The van der Waals surface area contributed by atoms with Crippen molar-refractivity contribution in [1.82, 2.24) is 9.97 Å². The van der Waals surface area contributed by atoms with Gasteiger partial charge >= 0.3 is 11.9 Å². The van der Waals surface area contributed by atoms with Crippen LogP contribution in [0.3, 0.4) is 0 Å². The summed E-state index contributed by atoms with van der Waals surface area (Å²) in [5, 5.41) is 12.3. The molecule has 0 spiro atoms. The molecular formula is C8H8ClF3N4O2. The molecule has 10 heteroatoms. The fraction of sp³-hybridized carbons (Fsp3) is 0.500. The van der Waals surface area contributed by atoms with Crippen LogP contribution in [0.4, 0.5) is 24.7 Å². The Bertz CT molecular complexity index is 478. The summed E-state index contributed by atoms with van der Waals surface area (Å²) in [6.45, 7) is 3.18. The molecule has 0 saturated heterocycles. The molecule has 6 nitrogen and oxygen atoms in total. The van der Waals surface area contributed by atoms with Crippen molar-refractivity contribution in [3.05, 3.63) is 21.1 Å². The first-order chi connectivity index (χ1) is 8.12. The van der Waals surface area contributed by atoms with Crippen molar-refractivity contribution in [3.63, 3.8) is 0 Å². The number of alkyl halides is 3. The minimum Gasteiger partial charge on any atom is -0.362 e. The minimum atomic E-state index is -4.83. The number of anilines is 1. The molecule has 0 saturated carbocycles. The van der Waals surface area contributed by atoms with E-state index in [1.54, 1.807) is 13.8 Å². The van der Waals surface area contributed by atoms with Gasteiger partial charge in [0.05, 0.1) is 4.92 Å². The van der Waals surface area contributed by atoms with Crippen LogP contribution in [0.25, 0.3) is 0 Å². The normalized spacial score (nSPS) is 11.7. The van der Waals surface area contributed by atoms with Crippen molar-refractivity contribution < 1.29 is 18.1 Å². The Morgan fingerprint density at radius 3 is 2.33 bits per heavy atom. The highest BCUT2D eigenvalue weighted by molar-refractivity contribution is 6.31. The molecule has 0 unspecified atom stereocenters. The Morgan fingerprint density at radius 2 is 1.94 bits per heavy atom. The zero-order chi connectivity index (χ0) is 14.1. The summed E-state index contributed by atoms with van der Waals surface area (Å²) in [5.74, 6) is -2.08. The van der Waals surface area contributed by atoms with Crippen LogP contribution in [0.2, 0.25) is 5.15 Å². The lowest BCUT2D eigenvalue weighted by Gasteiger charge is -2.12. The van der Waals surface area contributed by atoms with Crippen molar-refractivity contribution in [2.24, 2.45) is 0 Å². The molecule has 1 aromatic heterocycles. The Kier molecular flexibility index (Phi) is 3.95. The smallest absolute Gasteiger partial charge is 0.362 e. The highest BCUT2D eigenvalue weighted by Gasteiger charge is 2.38. The van der Waals surface area contributed by atoms with E-state index in [0.29, 0.717) is 0 Å². The molecular weight excluding hydrogens is 277 g/mol. The van der Waals surface area contributed by atoms with Crippen molar-refractivity contribution in [1.29, 1.82) is 0 Å². The monoisotopic (exact) mass is 284 g/mol. The lowest BCUT2D eigenvalue weighted by atomic mass is 10.3. The maximum Gasteiger partial charge on any atom is 0.451 e. The number of nitrogens with one attached hydrogen (secondary N) is 1. The second-order valence-electron chi connectivity index (χ2n) is 3.59. The lowest BCUT2D eigenvalue weighted by Crippen LogP contribution is -2.18. The fourth-order valence-electron chi connectivity index (χ4n) is 1.09. The third kappa shape index (κ3) is 3.19. The number of nitrogens with zero attached hydrogens (tertiary/aromatic N) is 3. The van der Waals surface area contributed by atoms with Crippen molar-refractivity contribution >= 4 is 23.1 Å². The van der Waals surface area contributed by atoms with Gasteiger partial charge in [-0.1, -0.05) is 11.6 Å². The van der Waals surface area contributed by atoms with Crippen LogP contribution in [0.5, 0.6) is 0 Å². The lowest BCUT2D eigenvalue weighted by molar-refractivity contribution is -0.384. The number of hydrogen-bond acceptors (Lipinski definition) is 5. The summed E-state index contributed by atoms with van der Waals surface area (Å²) in [6.07, 6.45) is -4.83. The Balaban J connectivity index is 3.42. The molecule has 0 radical (unpaired) electrons. The molecule has 0 aromatic carbocycles. The van der Waals surface area contributed by atoms with Gasteiger partial charge in [-0.3, -0.25) is 10.1 Å². The van der Waals surface area contributed by atoms with Crippen LogP contribution in [0.15, 0.2) is 0 Å². The summed E-state index contributed by atoms with van der Waals surface area (Å²) >= 11 is 5.39. The third-order valence-electron chi connectivity index (χ3n) is 1.70. The molecule has 1 rings (SSSR count). The summed E-state index contributed by atoms with van der Waals surface area (Å²) in [7, 11) is 0. The van der Waals surface area contributed by atoms with Gasteiger partial charge in [-0.15, -0.1) is 0 Å². The SMILES string of the molecule is CC(C)Nc1nc(C(F)(F)F)nc(Cl)c1[N+](=O)[O-]. The van der Waals surface area contributed by atoms with E-state index in [4.69, 9.17) is 11.6 Å². The molecule has 18 heavy (non-hydrogen) atoms. The third-order valence-corrected chi connectivity index (χ3v) is 1.97. The van der Waals surface area contributed by atoms with Crippen LogP contribution in [-0.2, 0) is 6.18 Å². The second kappa shape index (κ2) is 4.92. The maximum absolute atomic E-state index is 12.4. The van der Waals surface area contributed by atoms with Crippen LogP contribution >= 0.6 is 11.6 Å². The van der Waals surface area contributed by atoms with Gasteiger partial charge in [0.1, 0.15) is 0 Å². The molecule has 1 heterocycles. The molecule has 0 aliphatic carbocycles. The minimum absolute atomic E-state index is 0.351. The summed E-state index contributed by atoms with van der Waals surface area (Å²) in [5.41, 5.74) is -0.779. The van der Waals surface area contributed by atoms with Gasteiger partial charge in [0.15, 0.2) is 0 Å². The zero-order valence-electron chi connectivity index (χ0n) is 9.25. The van der Waals surface area contributed by atoms with E-state index in [9.17, 15) is 23.3 Å². The molecule has 1 aromatic rings. The highest BCUT2D eigenvalue weighted by Crippen LogP contribution is 2.34. The van der Waals surface area contributed by atoms with Gasteiger partial charge in [0.25, 0.3) is 0 Å². The van der Waals surface area contributed by atoms with Gasteiger partial charge in [0.2, 0.25) is 16.8 Å². The van der Waals surface area contributed by atoms with Gasteiger partial charge < -0.3 is 5.32 Å². The van der Waals surface area contributed by atoms with Crippen molar-refractivity contribution in [2.45, 2.75) is 26.1 Å². The highest BCUT2D eigenvalue weighted by atomic mass is 35.5. The average Bonchev–Trinajstić information content (AvgIpc) is 2.13. The van der Waals surface area contributed by atoms with Crippen LogP contribution in [0, 0.1) is 10.1 Å². The van der Waals surface area contributed by atoms with Crippen molar-refractivity contribution in [2.75, 3.05) is 5.32 Å². The fourth-order valence-corrected chi connectivity index (χ4v) is 1.33. The van der Waals surface area contributed by atoms with E-state index in [0.717, 1.165) is 0 Å². The average molecular weight is 285 g/mol. The van der Waals surface area contributed by atoms with Gasteiger partial charge in [-0.05, 0) is 13.8 Å². The molecule has 1 N–H and O–H groups in total. The summed E-state index contributed by atoms with van der Waals surface area (Å²) < 4.78 is 37.3. The molecule has 0 aliphatic heterocycles. The Hall–Kier alpha value is -1.64.